The number of para-hydroxylation sites is 1. The van der Waals surface area contributed by atoms with Crippen molar-refractivity contribution in [2.45, 2.75) is 26.3 Å². The summed E-state index contributed by atoms with van der Waals surface area (Å²) in [6.45, 7) is 4.17. The van der Waals surface area contributed by atoms with Gasteiger partial charge in [-0.05, 0) is 50.1 Å². The first kappa shape index (κ1) is 17.6. The number of ether oxygens (including phenoxy) is 1. The van der Waals surface area contributed by atoms with Gasteiger partial charge in [-0.2, -0.15) is 4.98 Å². The Morgan fingerprint density at radius 2 is 1.96 bits per heavy atom. The first-order valence-corrected chi connectivity index (χ1v) is 9.26. The van der Waals surface area contributed by atoms with E-state index in [1.807, 2.05) is 31.2 Å². The van der Waals surface area contributed by atoms with Gasteiger partial charge < -0.3 is 15.0 Å². The maximum atomic E-state index is 6.23. The summed E-state index contributed by atoms with van der Waals surface area (Å²) < 4.78 is 5.21. The number of benzene rings is 2. The van der Waals surface area contributed by atoms with E-state index in [1.54, 1.807) is 7.11 Å². The Morgan fingerprint density at radius 3 is 2.74 bits per heavy atom. The second kappa shape index (κ2) is 7.08. The molecule has 3 aromatic rings. The molecule has 1 atom stereocenters. The Hall–Kier alpha value is -2.79. The number of rotatable bonds is 4. The molecule has 0 spiro atoms. The van der Waals surface area contributed by atoms with Crippen molar-refractivity contribution in [2.24, 2.45) is 0 Å². The summed E-state index contributed by atoms with van der Waals surface area (Å²) in [5, 5.41) is 3.87. The number of methoxy groups -OCH3 is 1. The summed E-state index contributed by atoms with van der Waals surface area (Å²) in [6.07, 6.45) is 0.990. The van der Waals surface area contributed by atoms with Crippen molar-refractivity contribution in [1.82, 2.24) is 9.97 Å². The van der Waals surface area contributed by atoms with Crippen LogP contribution in [0.1, 0.15) is 18.2 Å². The van der Waals surface area contributed by atoms with Gasteiger partial charge in [0.05, 0.1) is 12.1 Å². The van der Waals surface area contributed by atoms with Crippen LogP contribution in [-0.4, -0.2) is 23.1 Å². The molecule has 0 aliphatic carbocycles. The largest absolute Gasteiger partial charge is 0.495 e. The van der Waals surface area contributed by atoms with Crippen LogP contribution in [-0.2, 0) is 6.42 Å². The van der Waals surface area contributed by atoms with E-state index >= 15 is 0 Å². The molecule has 0 saturated carbocycles. The summed E-state index contributed by atoms with van der Waals surface area (Å²) >= 11 is 6.23. The van der Waals surface area contributed by atoms with Crippen LogP contribution in [0, 0.1) is 6.92 Å². The SMILES string of the molecule is COc1ccc(Nc2cc(C)nc(N3c4ccccc4CC3C)n2)cc1Cl. The second-order valence-electron chi connectivity index (χ2n) is 6.72. The molecule has 1 N–H and O–H groups in total. The number of aryl methyl sites for hydroxylation is 1. The maximum absolute atomic E-state index is 6.23. The highest BCUT2D eigenvalue weighted by Crippen LogP contribution is 2.37. The third kappa shape index (κ3) is 3.43. The molecule has 1 unspecified atom stereocenters. The number of hydrogen-bond donors (Lipinski definition) is 1. The van der Waals surface area contributed by atoms with Crippen molar-refractivity contribution >= 4 is 34.7 Å². The van der Waals surface area contributed by atoms with Crippen LogP contribution in [0.3, 0.4) is 0 Å². The van der Waals surface area contributed by atoms with Gasteiger partial charge in [-0.15, -0.1) is 0 Å². The van der Waals surface area contributed by atoms with Gasteiger partial charge in [0.15, 0.2) is 0 Å². The Kier molecular flexibility index (Phi) is 4.62. The first-order chi connectivity index (χ1) is 13.0. The van der Waals surface area contributed by atoms with E-state index in [4.69, 9.17) is 21.3 Å². The number of anilines is 4. The molecule has 0 fully saturated rings. The Morgan fingerprint density at radius 1 is 1.15 bits per heavy atom. The molecule has 2 heterocycles. The molecule has 138 valence electrons. The van der Waals surface area contributed by atoms with Crippen molar-refractivity contribution in [1.29, 1.82) is 0 Å². The van der Waals surface area contributed by atoms with Crippen LogP contribution < -0.4 is 15.0 Å². The number of nitrogens with one attached hydrogen (secondary N) is 1. The van der Waals surface area contributed by atoms with Crippen molar-refractivity contribution in [3.8, 4) is 5.75 Å². The molecule has 27 heavy (non-hydrogen) atoms. The van der Waals surface area contributed by atoms with E-state index in [-0.39, 0.29) is 0 Å². The lowest BCUT2D eigenvalue weighted by Gasteiger charge is -2.23. The molecule has 6 heteroatoms. The topological polar surface area (TPSA) is 50.3 Å². The van der Waals surface area contributed by atoms with Crippen LogP contribution in [0.5, 0.6) is 5.75 Å². The summed E-state index contributed by atoms with van der Waals surface area (Å²) in [4.78, 5) is 11.6. The predicted octanol–water partition coefficient (Wildman–Crippen LogP) is 5.27. The van der Waals surface area contributed by atoms with Crippen LogP contribution in [0.2, 0.25) is 5.02 Å². The molecule has 5 nitrogen and oxygen atoms in total. The zero-order valence-electron chi connectivity index (χ0n) is 15.5. The first-order valence-electron chi connectivity index (χ1n) is 8.88. The van der Waals surface area contributed by atoms with Crippen LogP contribution in [0.25, 0.3) is 0 Å². The minimum absolute atomic E-state index is 0.312. The zero-order valence-corrected chi connectivity index (χ0v) is 16.3. The van der Waals surface area contributed by atoms with Crippen molar-refractivity contribution in [2.75, 3.05) is 17.3 Å². The lowest BCUT2D eigenvalue weighted by Crippen LogP contribution is -2.26. The fourth-order valence-corrected chi connectivity index (χ4v) is 3.74. The molecule has 0 bridgehead atoms. The smallest absolute Gasteiger partial charge is 0.232 e. The third-order valence-corrected chi connectivity index (χ3v) is 4.98. The summed E-state index contributed by atoms with van der Waals surface area (Å²) in [6, 6.07) is 16.2. The van der Waals surface area contributed by atoms with Gasteiger partial charge in [0.25, 0.3) is 0 Å². The number of hydrogen-bond acceptors (Lipinski definition) is 5. The van der Waals surface area contributed by atoms with Crippen LogP contribution in [0.15, 0.2) is 48.5 Å². The standard InChI is InChI=1S/C21H21ClN4O/c1-13-10-20(24-16-8-9-19(27-3)17(22)12-16)25-21(23-13)26-14(2)11-15-6-4-5-7-18(15)26/h4-10,12,14H,11H2,1-3H3,(H,23,24,25). The van der Waals surface area contributed by atoms with E-state index in [0.717, 1.165) is 23.6 Å². The normalized spacial score (nSPS) is 15.6. The monoisotopic (exact) mass is 380 g/mol. The number of aromatic nitrogens is 2. The van der Waals surface area contributed by atoms with Gasteiger partial charge in [0, 0.05) is 29.2 Å². The second-order valence-corrected chi connectivity index (χ2v) is 7.13. The van der Waals surface area contributed by atoms with Gasteiger partial charge in [0.1, 0.15) is 11.6 Å². The van der Waals surface area contributed by atoms with Crippen LogP contribution in [0.4, 0.5) is 23.1 Å². The van der Waals surface area contributed by atoms with E-state index in [9.17, 15) is 0 Å². The van der Waals surface area contributed by atoms with E-state index in [0.29, 0.717) is 22.8 Å². The molecule has 0 saturated heterocycles. The molecule has 4 rings (SSSR count). The van der Waals surface area contributed by atoms with Crippen molar-refractivity contribution in [3.05, 3.63) is 64.8 Å². The summed E-state index contributed by atoms with van der Waals surface area (Å²) in [5.74, 6) is 2.08. The Bertz CT molecular complexity index is 992. The highest BCUT2D eigenvalue weighted by molar-refractivity contribution is 6.32. The average molecular weight is 381 g/mol. The van der Waals surface area contributed by atoms with Gasteiger partial charge in [0.2, 0.25) is 5.95 Å². The lowest BCUT2D eigenvalue weighted by molar-refractivity contribution is 0.415. The number of nitrogens with zero attached hydrogens (tertiary/aromatic N) is 3. The molecular weight excluding hydrogens is 360 g/mol. The van der Waals surface area contributed by atoms with Gasteiger partial charge in [-0.3, -0.25) is 0 Å². The van der Waals surface area contributed by atoms with Gasteiger partial charge in [-0.1, -0.05) is 29.8 Å². The Labute approximate surface area is 164 Å². The highest BCUT2D eigenvalue weighted by atomic mass is 35.5. The molecule has 0 amide bonds. The van der Waals surface area contributed by atoms with Gasteiger partial charge in [-0.25, -0.2) is 4.98 Å². The predicted molar refractivity (Wildman–Crippen MR) is 110 cm³/mol. The fourth-order valence-electron chi connectivity index (χ4n) is 3.49. The maximum Gasteiger partial charge on any atom is 0.232 e. The quantitative estimate of drug-likeness (QED) is 0.667. The minimum atomic E-state index is 0.312. The zero-order chi connectivity index (χ0) is 19.0. The summed E-state index contributed by atoms with van der Waals surface area (Å²) in [7, 11) is 1.60. The molecule has 1 aliphatic rings. The molecule has 0 radical (unpaired) electrons. The van der Waals surface area contributed by atoms with Crippen molar-refractivity contribution in [3.63, 3.8) is 0 Å². The highest BCUT2D eigenvalue weighted by Gasteiger charge is 2.29. The lowest BCUT2D eigenvalue weighted by atomic mass is 10.1. The molecule has 1 aliphatic heterocycles. The van der Waals surface area contributed by atoms with Crippen LogP contribution >= 0.6 is 11.6 Å². The third-order valence-electron chi connectivity index (χ3n) is 4.69. The molecule has 1 aromatic heterocycles. The van der Waals surface area contributed by atoms with E-state index < -0.39 is 0 Å². The minimum Gasteiger partial charge on any atom is -0.495 e. The summed E-state index contributed by atoms with van der Waals surface area (Å²) in [5.41, 5.74) is 4.25. The number of fused-ring (bicyclic) bond motifs is 1. The van der Waals surface area contributed by atoms with Gasteiger partial charge >= 0.3 is 0 Å². The fraction of sp³-hybridized carbons (Fsp3) is 0.238. The average Bonchev–Trinajstić information content (AvgIpc) is 2.97. The van der Waals surface area contributed by atoms with E-state index in [1.165, 1.54) is 11.3 Å². The van der Waals surface area contributed by atoms with E-state index in [2.05, 4.69) is 46.4 Å². The molecule has 2 aromatic carbocycles. The van der Waals surface area contributed by atoms with Crippen molar-refractivity contribution < 1.29 is 4.74 Å². The Balaban J connectivity index is 1.67. The number of halogens is 1. The molecular formula is C21H21ClN4O.